The molecule has 0 N–H and O–H groups in total. The maximum absolute atomic E-state index is 12.8. The van der Waals surface area contributed by atoms with Crippen LogP contribution >= 0.6 is 0 Å². The molecule has 1 aliphatic rings. The van der Waals surface area contributed by atoms with Crippen LogP contribution in [0.5, 0.6) is 0 Å². The maximum atomic E-state index is 12.8. The Balaban J connectivity index is 1.45. The molecule has 0 unspecified atom stereocenters. The number of aryl methyl sites for hydroxylation is 1. The molecule has 2 heterocycles. The lowest BCUT2D eigenvalue weighted by molar-refractivity contribution is -0.146. The van der Waals surface area contributed by atoms with Crippen LogP contribution in [0.3, 0.4) is 0 Å². The summed E-state index contributed by atoms with van der Waals surface area (Å²) in [5, 5.41) is 11.1. The zero-order chi connectivity index (χ0) is 20.4. The van der Waals surface area contributed by atoms with Gasteiger partial charge in [0.1, 0.15) is 6.33 Å². The molecule has 29 heavy (non-hydrogen) atoms. The number of esters is 1. The van der Waals surface area contributed by atoms with E-state index in [1.807, 2.05) is 50.2 Å². The number of tetrazole rings is 1. The van der Waals surface area contributed by atoms with Gasteiger partial charge in [0, 0.05) is 29.4 Å². The minimum absolute atomic E-state index is 0.200. The van der Waals surface area contributed by atoms with Crippen LogP contribution in [0, 0.1) is 13.8 Å². The van der Waals surface area contributed by atoms with Crippen LogP contribution in [0.4, 0.5) is 0 Å². The molecule has 0 bridgehead atoms. The van der Waals surface area contributed by atoms with Crippen LogP contribution in [0.1, 0.15) is 52.2 Å². The van der Waals surface area contributed by atoms with Gasteiger partial charge >= 0.3 is 5.97 Å². The lowest BCUT2D eigenvalue weighted by atomic mass is 10.1. The van der Waals surface area contributed by atoms with Crippen LogP contribution in [0.15, 0.2) is 42.7 Å². The number of Topliss-reactive ketones (excluding diaryl/α,β-unsaturated/α-hetero) is 1. The monoisotopic (exact) mass is 393 g/mol. The Morgan fingerprint density at radius 1 is 1.21 bits per heavy atom. The Morgan fingerprint density at radius 2 is 1.97 bits per heavy atom. The highest BCUT2D eigenvalue weighted by Gasteiger charge is 2.29. The van der Waals surface area contributed by atoms with Crippen molar-refractivity contribution >= 4 is 11.8 Å². The Labute approximate surface area is 168 Å². The number of ketones is 1. The highest BCUT2D eigenvalue weighted by molar-refractivity contribution is 5.99. The summed E-state index contributed by atoms with van der Waals surface area (Å²) < 4.78 is 8.95. The second-order valence-corrected chi connectivity index (χ2v) is 7.41. The van der Waals surface area contributed by atoms with Crippen molar-refractivity contribution in [3.05, 3.63) is 65.2 Å². The minimum atomic E-state index is -0.737. The molecular formula is C21H23N5O3. The molecule has 0 amide bonds. The van der Waals surface area contributed by atoms with E-state index in [1.165, 1.54) is 11.0 Å². The molecule has 1 fully saturated rings. The van der Waals surface area contributed by atoms with Crippen molar-refractivity contribution in [3.63, 3.8) is 0 Å². The quantitative estimate of drug-likeness (QED) is 0.432. The second kappa shape index (κ2) is 7.98. The predicted octanol–water partition coefficient (Wildman–Crippen LogP) is 2.64. The van der Waals surface area contributed by atoms with E-state index in [-0.39, 0.29) is 12.4 Å². The normalized spacial score (nSPS) is 14.6. The van der Waals surface area contributed by atoms with E-state index < -0.39 is 12.0 Å². The van der Waals surface area contributed by atoms with Gasteiger partial charge in [-0.15, -0.1) is 5.10 Å². The molecule has 0 radical (unpaired) electrons. The Bertz CT molecular complexity index is 1010. The van der Waals surface area contributed by atoms with E-state index in [0.717, 1.165) is 29.8 Å². The highest BCUT2D eigenvalue weighted by Crippen LogP contribution is 2.38. The van der Waals surface area contributed by atoms with Crippen LogP contribution in [-0.2, 0) is 16.0 Å². The van der Waals surface area contributed by atoms with E-state index in [9.17, 15) is 9.59 Å². The third kappa shape index (κ3) is 4.11. The summed E-state index contributed by atoms with van der Waals surface area (Å²) >= 11 is 0. The topological polar surface area (TPSA) is 91.9 Å². The number of hydrogen-bond donors (Lipinski definition) is 0. The molecule has 1 saturated carbocycles. The number of benzene rings is 1. The molecule has 0 saturated heterocycles. The van der Waals surface area contributed by atoms with E-state index >= 15 is 0 Å². The zero-order valence-corrected chi connectivity index (χ0v) is 16.5. The maximum Gasteiger partial charge on any atom is 0.331 e. The van der Waals surface area contributed by atoms with Crippen molar-refractivity contribution in [2.75, 3.05) is 6.61 Å². The summed E-state index contributed by atoms with van der Waals surface area (Å²) in [7, 11) is 0. The van der Waals surface area contributed by atoms with Gasteiger partial charge in [0.25, 0.3) is 0 Å². The van der Waals surface area contributed by atoms with Gasteiger partial charge in [-0.1, -0.05) is 30.3 Å². The lowest BCUT2D eigenvalue weighted by Gasteiger charge is -2.15. The zero-order valence-electron chi connectivity index (χ0n) is 16.5. The van der Waals surface area contributed by atoms with Crippen molar-refractivity contribution in [1.82, 2.24) is 24.8 Å². The minimum Gasteiger partial charge on any atom is -0.456 e. The lowest BCUT2D eigenvalue weighted by Crippen LogP contribution is -2.27. The largest absolute Gasteiger partial charge is 0.456 e. The smallest absolute Gasteiger partial charge is 0.331 e. The molecule has 8 heteroatoms. The average molecular weight is 393 g/mol. The SMILES string of the molecule is Cc1cc(C(=O)COC(=O)[C@@H](Cc2ccccc2)n2cnnn2)c(C)n1C1CC1. The first-order chi connectivity index (χ1) is 14.0. The number of aromatic nitrogens is 5. The number of nitrogens with zero attached hydrogens (tertiary/aromatic N) is 5. The molecule has 2 aromatic heterocycles. The molecule has 0 spiro atoms. The summed E-state index contributed by atoms with van der Waals surface area (Å²) in [6, 6.07) is 11.2. The number of rotatable bonds is 8. The Hall–Kier alpha value is -3.29. The van der Waals surface area contributed by atoms with Crippen LogP contribution < -0.4 is 0 Å². The highest BCUT2D eigenvalue weighted by atomic mass is 16.5. The van der Waals surface area contributed by atoms with Gasteiger partial charge in [-0.3, -0.25) is 4.79 Å². The standard InChI is InChI=1S/C21H23N5O3/c1-14-10-18(15(2)26(14)17-8-9-17)20(27)12-29-21(28)19(25-13-22-23-24-25)11-16-6-4-3-5-7-16/h3-7,10,13,17,19H,8-9,11-12H2,1-2H3/t19-/m1/s1. The van der Waals surface area contributed by atoms with E-state index in [4.69, 9.17) is 4.74 Å². The van der Waals surface area contributed by atoms with Gasteiger partial charge in [-0.05, 0) is 48.7 Å². The van der Waals surface area contributed by atoms with Crippen molar-refractivity contribution in [2.24, 2.45) is 0 Å². The average Bonchev–Trinajstić information content (AvgIpc) is 3.30. The third-order valence-electron chi connectivity index (χ3n) is 5.27. The van der Waals surface area contributed by atoms with Crippen molar-refractivity contribution < 1.29 is 14.3 Å². The van der Waals surface area contributed by atoms with Crippen LogP contribution in [0.2, 0.25) is 0 Å². The van der Waals surface area contributed by atoms with Crippen molar-refractivity contribution in [3.8, 4) is 0 Å². The molecule has 150 valence electrons. The molecule has 1 aromatic carbocycles. The first-order valence-corrected chi connectivity index (χ1v) is 9.69. The summed E-state index contributed by atoms with van der Waals surface area (Å²) in [4.78, 5) is 25.5. The van der Waals surface area contributed by atoms with Gasteiger partial charge in [0.15, 0.2) is 12.6 Å². The summed E-state index contributed by atoms with van der Waals surface area (Å²) in [6.45, 7) is 3.64. The fraction of sp³-hybridized carbons (Fsp3) is 0.381. The predicted molar refractivity (Wildman–Crippen MR) is 104 cm³/mol. The Morgan fingerprint density at radius 3 is 2.62 bits per heavy atom. The molecule has 0 aliphatic heterocycles. The Kier molecular flexibility index (Phi) is 5.24. The van der Waals surface area contributed by atoms with E-state index in [1.54, 1.807) is 0 Å². The number of hydrogen-bond acceptors (Lipinski definition) is 6. The number of carbonyl (C=O) groups excluding carboxylic acids is 2. The summed E-state index contributed by atoms with van der Waals surface area (Å²) in [5.74, 6) is -0.737. The summed E-state index contributed by atoms with van der Waals surface area (Å²) in [5.41, 5.74) is 3.57. The second-order valence-electron chi connectivity index (χ2n) is 7.41. The molecular weight excluding hydrogens is 370 g/mol. The van der Waals surface area contributed by atoms with Crippen LogP contribution in [0.25, 0.3) is 0 Å². The van der Waals surface area contributed by atoms with E-state index in [2.05, 4.69) is 20.1 Å². The van der Waals surface area contributed by atoms with Gasteiger partial charge in [-0.25, -0.2) is 9.48 Å². The fourth-order valence-corrected chi connectivity index (χ4v) is 3.70. The van der Waals surface area contributed by atoms with Gasteiger partial charge in [-0.2, -0.15) is 0 Å². The fourth-order valence-electron chi connectivity index (χ4n) is 3.70. The summed E-state index contributed by atoms with van der Waals surface area (Å²) in [6.07, 6.45) is 4.03. The first-order valence-electron chi connectivity index (χ1n) is 9.69. The van der Waals surface area contributed by atoms with Gasteiger partial charge < -0.3 is 9.30 Å². The molecule has 3 aromatic rings. The number of ether oxygens (including phenoxy) is 1. The third-order valence-corrected chi connectivity index (χ3v) is 5.27. The van der Waals surface area contributed by atoms with Crippen molar-refractivity contribution in [2.45, 2.75) is 45.2 Å². The van der Waals surface area contributed by atoms with Gasteiger partial charge in [0.05, 0.1) is 0 Å². The molecule has 1 aliphatic carbocycles. The van der Waals surface area contributed by atoms with Crippen LogP contribution in [-0.4, -0.2) is 43.1 Å². The molecule has 1 atom stereocenters. The molecule has 4 rings (SSSR count). The number of carbonyl (C=O) groups is 2. The van der Waals surface area contributed by atoms with E-state index in [0.29, 0.717) is 18.0 Å². The van der Waals surface area contributed by atoms with Gasteiger partial charge in [0.2, 0.25) is 5.78 Å². The van der Waals surface area contributed by atoms with Crippen molar-refractivity contribution in [1.29, 1.82) is 0 Å². The molecule has 8 nitrogen and oxygen atoms in total. The first kappa shape index (κ1) is 19.0.